The minimum absolute atomic E-state index is 0.0771. The lowest BCUT2D eigenvalue weighted by molar-refractivity contribution is -0.127. The lowest BCUT2D eigenvalue weighted by atomic mass is 10.0. The molecule has 0 aromatic heterocycles. The second-order valence-corrected chi connectivity index (χ2v) is 6.74. The van der Waals surface area contributed by atoms with Crippen LogP contribution in [0.1, 0.15) is 96.8 Å². The van der Waals surface area contributed by atoms with E-state index in [1.165, 1.54) is 57.8 Å². The summed E-state index contributed by atoms with van der Waals surface area (Å²) in [5.74, 6) is -0.553. The van der Waals surface area contributed by atoms with Crippen LogP contribution in [-0.2, 0) is 9.59 Å². The summed E-state index contributed by atoms with van der Waals surface area (Å²) in [6.07, 6.45) is 15.5. The van der Waals surface area contributed by atoms with Crippen molar-refractivity contribution in [3.63, 3.8) is 0 Å². The number of hydrogen-bond donors (Lipinski definition) is 3. The normalized spacial score (nSPS) is 12.1. The third-order valence-corrected chi connectivity index (χ3v) is 4.38. The van der Waals surface area contributed by atoms with Gasteiger partial charge in [-0.15, -0.1) is 0 Å². The van der Waals surface area contributed by atoms with E-state index in [0.717, 1.165) is 12.8 Å². The van der Waals surface area contributed by atoms with E-state index in [0.29, 0.717) is 25.8 Å². The highest BCUT2D eigenvalue weighted by Gasteiger charge is 2.16. The van der Waals surface area contributed by atoms with Gasteiger partial charge >= 0.3 is 0 Å². The van der Waals surface area contributed by atoms with Crippen LogP contribution in [0.5, 0.6) is 0 Å². The van der Waals surface area contributed by atoms with Gasteiger partial charge in [-0.1, -0.05) is 71.1 Å². The van der Waals surface area contributed by atoms with Gasteiger partial charge in [-0.05, 0) is 25.8 Å². The summed E-state index contributed by atoms with van der Waals surface area (Å²) < 4.78 is 0. The maximum absolute atomic E-state index is 11.8. The molecule has 0 aromatic rings. The van der Waals surface area contributed by atoms with E-state index in [1.54, 1.807) is 0 Å². The van der Waals surface area contributed by atoms with Gasteiger partial charge in [0.05, 0.1) is 0 Å². The summed E-state index contributed by atoms with van der Waals surface area (Å²) in [6, 6.07) is -0.575. The van der Waals surface area contributed by atoms with Gasteiger partial charge in [0.15, 0.2) is 0 Å². The Morgan fingerprint density at radius 1 is 0.833 bits per heavy atom. The minimum atomic E-state index is -0.575. The number of nitrogens with two attached hydrogens (primary N) is 2. The van der Waals surface area contributed by atoms with Crippen molar-refractivity contribution in [1.29, 1.82) is 0 Å². The van der Waals surface area contributed by atoms with Gasteiger partial charge in [0.2, 0.25) is 11.8 Å². The topological polar surface area (TPSA) is 98.2 Å². The first-order valence-electron chi connectivity index (χ1n) is 9.90. The molecule has 0 aliphatic carbocycles. The molecule has 0 radical (unpaired) electrons. The van der Waals surface area contributed by atoms with E-state index in [1.807, 2.05) is 0 Å². The Labute approximate surface area is 148 Å². The lowest BCUT2D eigenvalue weighted by Crippen LogP contribution is -2.44. The number of carbonyl (C=O) groups is 2. The van der Waals surface area contributed by atoms with Crippen molar-refractivity contribution in [3.8, 4) is 0 Å². The van der Waals surface area contributed by atoms with E-state index in [9.17, 15) is 9.59 Å². The highest BCUT2D eigenvalue weighted by Crippen LogP contribution is 2.12. The molecule has 5 nitrogen and oxygen atoms in total. The summed E-state index contributed by atoms with van der Waals surface area (Å²) in [5.41, 5.74) is 10.7. The zero-order valence-corrected chi connectivity index (χ0v) is 15.7. The van der Waals surface area contributed by atoms with E-state index >= 15 is 0 Å². The second kappa shape index (κ2) is 16.7. The fourth-order valence-corrected chi connectivity index (χ4v) is 2.82. The smallest absolute Gasteiger partial charge is 0.240 e. The largest absolute Gasteiger partial charge is 0.368 e. The van der Waals surface area contributed by atoms with Crippen LogP contribution < -0.4 is 16.8 Å². The highest BCUT2D eigenvalue weighted by atomic mass is 16.2. The third-order valence-electron chi connectivity index (χ3n) is 4.38. The molecule has 0 fully saturated rings. The summed E-state index contributed by atoms with van der Waals surface area (Å²) in [7, 11) is 0. The van der Waals surface area contributed by atoms with Crippen LogP contribution >= 0.6 is 0 Å². The van der Waals surface area contributed by atoms with Crippen molar-refractivity contribution < 1.29 is 9.59 Å². The van der Waals surface area contributed by atoms with Crippen molar-refractivity contribution in [3.05, 3.63) is 0 Å². The van der Waals surface area contributed by atoms with Gasteiger partial charge in [-0.2, -0.15) is 0 Å². The predicted molar refractivity (Wildman–Crippen MR) is 100 cm³/mol. The van der Waals surface area contributed by atoms with Crippen LogP contribution in [0.3, 0.4) is 0 Å². The molecule has 0 bridgehead atoms. The predicted octanol–water partition coefficient (Wildman–Crippen LogP) is 3.40. The standard InChI is InChI=1S/C19H39N3O2/c1-2-3-4-5-6-7-8-9-10-11-12-15-18(23)22-17(19(21)24)14-13-16-20/h17H,2-16,20H2,1H3,(H2,21,24)(H,22,23). The highest BCUT2D eigenvalue weighted by molar-refractivity contribution is 5.86. The fraction of sp³-hybridized carbons (Fsp3) is 0.895. The number of amides is 2. The SMILES string of the molecule is CCCCCCCCCCCCCC(=O)NC(CCCN)C(N)=O. The molecule has 0 aromatic carbocycles. The monoisotopic (exact) mass is 341 g/mol. The quantitative estimate of drug-likeness (QED) is 0.354. The van der Waals surface area contributed by atoms with Crippen LogP contribution in [-0.4, -0.2) is 24.4 Å². The van der Waals surface area contributed by atoms with Crippen LogP contribution in [0.2, 0.25) is 0 Å². The number of unbranched alkanes of at least 4 members (excludes halogenated alkanes) is 10. The van der Waals surface area contributed by atoms with Gasteiger partial charge in [0.25, 0.3) is 0 Å². The summed E-state index contributed by atoms with van der Waals surface area (Å²) in [6.45, 7) is 2.74. The molecule has 0 saturated heterocycles. The molecule has 0 heterocycles. The number of nitrogens with one attached hydrogen (secondary N) is 1. The molecule has 2 amide bonds. The Morgan fingerprint density at radius 2 is 1.33 bits per heavy atom. The van der Waals surface area contributed by atoms with E-state index in [2.05, 4.69) is 12.2 Å². The Balaban J connectivity index is 3.49. The van der Waals surface area contributed by atoms with Crippen LogP contribution in [0.15, 0.2) is 0 Å². The Bertz CT molecular complexity index is 322. The van der Waals surface area contributed by atoms with Gasteiger partial charge in [0, 0.05) is 6.42 Å². The summed E-state index contributed by atoms with van der Waals surface area (Å²) in [4.78, 5) is 23.1. The van der Waals surface area contributed by atoms with Crippen molar-refractivity contribution in [1.82, 2.24) is 5.32 Å². The van der Waals surface area contributed by atoms with Crippen molar-refractivity contribution >= 4 is 11.8 Å². The molecule has 5 N–H and O–H groups in total. The van der Waals surface area contributed by atoms with E-state index < -0.39 is 11.9 Å². The molecule has 0 spiro atoms. The zero-order chi connectivity index (χ0) is 18.0. The van der Waals surface area contributed by atoms with Crippen LogP contribution in [0.25, 0.3) is 0 Å². The van der Waals surface area contributed by atoms with Crippen LogP contribution in [0, 0.1) is 0 Å². The maximum Gasteiger partial charge on any atom is 0.240 e. The molecule has 1 atom stereocenters. The molecule has 142 valence electrons. The molecule has 0 aliphatic heterocycles. The number of hydrogen-bond acceptors (Lipinski definition) is 3. The molecule has 24 heavy (non-hydrogen) atoms. The number of rotatable bonds is 17. The number of carbonyl (C=O) groups excluding carboxylic acids is 2. The van der Waals surface area contributed by atoms with Gasteiger partial charge in [-0.25, -0.2) is 0 Å². The minimum Gasteiger partial charge on any atom is -0.368 e. The van der Waals surface area contributed by atoms with E-state index in [4.69, 9.17) is 11.5 Å². The fourth-order valence-electron chi connectivity index (χ4n) is 2.82. The lowest BCUT2D eigenvalue weighted by Gasteiger charge is -2.14. The average Bonchev–Trinajstić information content (AvgIpc) is 2.56. The maximum atomic E-state index is 11.8. The average molecular weight is 342 g/mol. The molecule has 0 saturated carbocycles. The summed E-state index contributed by atoms with van der Waals surface area (Å²) in [5, 5.41) is 2.72. The van der Waals surface area contributed by atoms with Gasteiger partial charge < -0.3 is 16.8 Å². The van der Waals surface area contributed by atoms with E-state index in [-0.39, 0.29) is 5.91 Å². The first kappa shape index (κ1) is 22.9. The Hall–Kier alpha value is -1.10. The summed E-state index contributed by atoms with van der Waals surface area (Å²) >= 11 is 0. The zero-order valence-electron chi connectivity index (χ0n) is 15.7. The molecule has 1 unspecified atom stereocenters. The van der Waals surface area contributed by atoms with Gasteiger partial charge in [0.1, 0.15) is 6.04 Å². The Morgan fingerprint density at radius 3 is 1.79 bits per heavy atom. The second-order valence-electron chi connectivity index (χ2n) is 6.74. The number of primary amides is 1. The third kappa shape index (κ3) is 14.5. The van der Waals surface area contributed by atoms with Crippen molar-refractivity contribution in [2.75, 3.05) is 6.54 Å². The molecular formula is C19H39N3O2. The van der Waals surface area contributed by atoms with Gasteiger partial charge in [-0.3, -0.25) is 9.59 Å². The molecule has 0 aliphatic rings. The molecule has 0 rings (SSSR count). The van der Waals surface area contributed by atoms with Crippen molar-refractivity contribution in [2.24, 2.45) is 11.5 Å². The first-order valence-corrected chi connectivity index (χ1v) is 9.90. The van der Waals surface area contributed by atoms with Crippen LogP contribution in [0.4, 0.5) is 0 Å². The first-order chi connectivity index (χ1) is 11.6. The molecular weight excluding hydrogens is 302 g/mol. The Kier molecular flexibility index (Phi) is 16.0. The molecule has 5 heteroatoms. The van der Waals surface area contributed by atoms with Crippen molar-refractivity contribution in [2.45, 2.75) is 103 Å².